The second-order valence-corrected chi connectivity index (χ2v) is 7.68. The molecule has 1 aromatic carbocycles. The van der Waals surface area contributed by atoms with Crippen LogP contribution >= 0.6 is 22.7 Å². The molecular formula is C18H17N3OS2. The van der Waals surface area contributed by atoms with Crippen molar-refractivity contribution in [1.82, 2.24) is 4.98 Å². The van der Waals surface area contributed by atoms with Gasteiger partial charge in [-0.2, -0.15) is 0 Å². The van der Waals surface area contributed by atoms with Gasteiger partial charge >= 0.3 is 0 Å². The number of thiophene rings is 1. The summed E-state index contributed by atoms with van der Waals surface area (Å²) in [4.78, 5) is 20.9. The first-order valence-corrected chi connectivity index (χ1v) is 9.65. The summed E-state index contributed by atoms with van der Waals surface area (Å²) in [7, 11) is 0. The van der Waals surface area contributed by atoms with Crippen LogP contribution in [0.2, 0.25) is 0 Å². The van der Waals surface area contributed by atoms with Crippen molar-refractivity contribution in [3.63, 3.8) is 0 Å². The molecule has 0 aliphatic carbocycles. The maximum Gasteiger partial charge on any atom is 0.267 e. The van der Waals surface area contributed by atoms with Gasteiger partial charge in [-0.3, -0.25) is 4.79 Å². The number of aromatic nitrogens is 1. The fourth-order valence-electron chi connectivity index (χ4n) is 2.84. The van der Waals surface area contributed by atoms with Crippen LogP contribution in [0.1, 0.15) is 22.5 Å². The lowest BCUT2D eigenvalue weighted by molar-refractivity contribution is 0.103. The van der Waals surface area contributed by atoms with Crippen LogP contribution < -0.4 is 10.2 Å². The van der Waals surface area contributed by atoms with Crippen LogP contribution in [0.3, 0.4) is 0 Å². The van der Waals surface area contributed by atoms with E-state index in [-0.39, 0.29) is 5.91 Å². The number of anilines is 2. The molecule has 0 radical (unpaired) electrons. The molecule has 1 N–H and O–H groups in total. The van der Waals surface area contributed by atoms with Crippen LogP contribution in [0.25, 0.3) is 9.88 Å². The molecule has 0 saturated carbocycles. The highest BCUT2D eigenvalue weighted by Crippen LogP contribution is 2.29. The number of nitrogens with one attached hydrogen (secondary N) is 1. The predicted octanol–water partition coefficient (Wildman–Crippen LogP) is 4.72. The molecule has 3 heterocycles. The van der Waals surface area contributed by atoms with E-state index >= 15 is 0 Å². The van der Waals surface area contributed by atoms with Crippen molar-refractivity contribution >= 4 is 40.0 Å². The van der Waals surface area contributed by atoms with Crippen molar-refractivity contribution in [1.29, 1.82) is 0 Å². The van der Waals surface area contributed by atoms with E-state index in [9.17, 15) is 4.79 Å². The monoisotopic (exact) mass is 355 g/mol. The second kappa shape index (κ2) is 6.75. The zero-order chi connectivity index (χ0) is 16.4. The first-order chi connectivity index (χ1) is 11.8. The minimum Gasteiger partial charge on any atom is -0.371 e. The molecule has 2 aromatic heterocycles. The van der Waals surface area contributed by atoms with Gasteiger partial charge in [-0.25, -0.2) is 4.98 Å². The first kappa shape index (κ1) is 15.4. The normalized spacial score (nSPS) is 14.1. The average Bonchev–Trinajstić information content (AvgIpc) is 3.36. The van der Waals surface area contributed by atoms with Gasteiger partial charge in [0.05, 0.1) is 11.1 Å². The molecule has 3 aromatic rings. The SMILES string of the molecule is O=C(Nc1cccc(N2CCCC2)c1)c1cnc(-c2cccs2)s1. The van der Waals surface area contributed by atoms with Gasteiger partial charge in [-0.05, 0) is 42.5 Å². The van der Waals surface area contributed by atoms with Crippen molar-refractivity contribution < 1.29 is 4.79 Å². The number of amides is 1. The van der Waals surface area contributed by atoms with Gasteiger partial charge < -0.3 is 10.2 Å². The van der Waals surface area contributed by atoms with Crippen LogP contribution in [0.5, 0.6) is 0 Å². The number of rotatable bonds is 4. The summed E-state index contributed by atoms with van der Waals surface area (Å²) in [5.41, 5.74) is 2.00. The Kier molecular flexibility index (Phi) is 4.32. The standard InChI is InChI=1S/C18H17N3OS2/c22-17(16-12-19-18(24-16)15-7-4-10-23-15)20-13-5-3-6-14(11-13)21-8-1-2-9-21/h3-7,10-12H,1-2,8-9H2,(H,20,22). The van der Waals surface area contributed by atoms with E-state index in [1.54, 1.807) is 17.5 Å². The highest BCUT2D eigenvalue weighted by atomic mass is 32.1. The molecule has 0 atom stereocenters. The lowest BCUT2D eigenvalue weighted by atomic mass is 10.2. The highest BCUT2D eigenvalue weighted by Gasteiger charge is 2.15. The molecule has 1 fully saturated rings. The van der Waals surface area contributed by atoms with Gasteiger partial charge in [0.15, 0.2) is 0 Å². The first-order valence-electron chi connectivity index (χ1n) is 7.96. The molecule has 4 nitrogen and oxygen atoms in total. The number of thiazole rings is 1. The summed E-state index contributed by atoms with van der Waals surface area (Å²) in [5.74, 6) is -0.103. The zero-order valence-electron chi connectivity index (χ0n) is 13.1. The fraction of sp³-hybridized carbons (Fsp3) is 0.222. The molecule has 24 heavy (non-hydrogen) atoms. The minimum absolute atomic E-state index is 0.103. The number of nitrogens with zero attached hydrogens (tertiary/aromatic N) is 2. The summed E-state index contributed by atoms with van der Waals surface area (Å²) in [5, 5.41) is 5.89. The lowest BCUT2D eigenvalue weighted by Gasteiger charge is -2.18. The second-order valence-electron chi connectivity index (χ2n) is 5.71. The third-order valence-corrected chi connectivity index (χ3v) is 6.07. The van der Waals surface area contributed by atoms with Gasteiger partial charge in [0.25, 0.3) is 5.91 Å². The van der Waals surface area contributed by atoms with Gasteiger partial charge in [-0.1, -0.05) is 12.1 Å². The summed E-state index contributed by atoms with van der Waals surface area (Å²) in [6.45, 7) is 2.19. The van der Waals surface area contributed by atoms with E-state index in [2.05, 4.69) is 21.3 Å². The van der Waals surface area contributed by atoms with Gasteiger partial charge in [-0.15, -0.1) is 22.7 Å². The zero-order valence-corrected chi connectivity index (χ0v) is 14.7. The smallest absolute Gasteiger partial charge is 0.267 e. The molecule has 0 spiro atoms. The molecular weight excluding hydrogens is 338 g/mol. The topological polar surface area (TPSA) is 45.2 Å². The summed E-state index contributed by atoms with van der Waals surface area (Å²) < 4.78 is 0. The lowest BCUT2D eigenvalue weighted by Crippen LogP contribution is -2.18. The Labute approximate surface area is 148 Å². The van der Waals surface area contributed by atoms with Crippen molar-refractivity contribution in [3.05, 3.63) is 52.9 Å². The van der Waals surface area contributed by atoms with E-state index in [1.807, 2.05) is 35.7 Å². The number of hydrogen-bond donors (Lipinski definition) is 1. The Hall–Kier alpha value is -2.18. The molecule has 4 rings (SSSR count). The van der Waals surface area contributed by atoms with Gasteiger partial charge in [0.1, 0.15) is 9.88 Å². The summed E-state index contributed by atoms with van der Waals surface area (Å²) >= 11 is 3.06. The highest BCUT2D eigenvalue weighted by molar-refractivity contribution is 7.22. The largest absolute Gasteiger partial charge is 0.371 e. The average molecular weight is 355 g/mol. The quantitative estimate of drug-likeness (QED) is 0.736. The van der Waals surface area contributed by atoms with Crippen LogP contribution in [-0.2, 0) is 0 Å². The van der Waals surface area contributed by atoms with Crippen molar-refractivity contribution in [2.24, 2.45) is 0 Å². The van der Waals surface area contributed by atoms with Gasteiger partial charge in [0, 0.05) is 24.5 Å². The van der Waals surface area contributed by atoms with Crippen molar-refractivity contribution in [3.8, 4) is 9.88 Å². The number of hydrogen-bond acceptors (Lipinski definition) is 5. The van der Waals surface area contributed by atoms with Crippen LogP contribution in [0.4, 0.5) is 11.4 Å². The molecule has 1 amide bonds. The number of carbonyl (C=O) groups is 1. The Bertz CT molecular complexity index is 836. The Balaban J connectivity index is 1.49. The van der Waals surface area contributed by atoms with E-state index in [4.69, 9.17) is 0 Å². The summed E-state index contributed by atoms with van der Waals surface area (Å²) in [6.07, 6.45) is 4.13. The third kappa shape index (κ3) is 3.20. The van der Waals surface area contributed by atoms with E-state index in [1.165, 1.54) is 29.9 Å². The Morgan fingerprint density at radius 2 is 2.04 bits per heavy atom. The predicted molar refractivity (Wildman–Crippen MR) is 101 cm³/mol. The third-order valence-electron chi connectivity index (χ3n) is 4.04. The fourth-order valence-corrected chi connectivity index (χ4v) is 4.46. The maximum absolute atomic E-state index is 12.5. The molecule has 6 heteroatoms. The molecule has 1 saturated heterocycles. The number of benzene rings is 1. The summed E-state index contributed by atoms with van der Waals surface area (Å²) in [6, 6.07) is 12.1. The minimum atomic E-state index is -0.103. The molecule has 0 unspecified atom stereocenters. The molecule has 122 valence electrons. The molecule has 0 bridgehead atoms. The van der Waals surface area contributed by atoms with E-state index in [0.29, 0.717) is 4.88 Å². The Morgan fingerprint density at radius 3 is 2.83 bits per heavy atom. The van der Waals surface area contributed by atoms with Crippen LogP contribution in [0, 0.1) is 0 Å². The Morgan fingerprint density at radius 1 is 1.17 bits per heavy atom. The van der Waals surface area contributed by atoms with Gasteiger partial charge in [0.2, 0.25) is 0 Å². The van der Waals surface area contributed by atoms with E-state index < -0.39 is 0 Å². The van der Waals surface area contributed by atoms with Crippen molar-refractivity contribution in [2.75, 3.05) is 23.3 Å². The number of carbonyl (C=O) groups excluding carboxylic acids is 1. The van der Waals surface area contributed by atoms with Crippen molar-refractivity contribution in [2.45, 2.75) is 12.8 Å². The maximum atomic E-state index is 12.5. The van der Waals surface area contributed by atoms with Crippen LogP contribution in [0.15, 0.2) is 48.0 Å². The molecule has 1 aliphatic heterocycles. The van der Waals surface area contributed by atoms with E-state index in [0.717, 1.165) is 28.7 Å². The molecule has 1 aliphatic rings. The van der Waals surface area contributed by atoms with Crippen LogP contribution in [-0.4, -0.2) is 24.0 Å².